The van der Waals surface area contributed by atoms with E-state index in [-0.39, 0.29) is 17.5 Å². The number of nitrogens with zero attached hydrogens (tertiary/aromatic N) is 1. The molecule has 3 N–H and O–H groups in total. The maximum Gasteiger partial charge on any atom is 0.315 e. The van der Waals surface area contributed by atoms with Crippen LogP contribution in [0.3, 0.4) is 0 Å². The third kappa shape index (κ3) is 6.96. The molecule has 1 saturated heterocycles. The second-order valence-electron chi connectivity index (χ2n) is 10.8. The Hall–Kier alpha value is -2.86. The summed E-state index contributed by atoms with van der Waals surface area (Å²) in [4.78, 5) is 15.1. The van der Waals surface area contributed by atoms with E-state index in [1.54, 1.807) is 0 Å². The maximum absolute atomic E-state index is 12.6. The number of hydrogen-bond acceptors (Lipinski definition) is 3. The van der Waals surface area contributed by atoms with Gasteiger partial charge in [-0.2, -0.15) is 0 Å². The monoisotopic (exact) mass is 533 g/mol. The average molecular weight is 534 g/mol. The topological polar surface area (TPSA) is 64.6 Å². The van der Waals surface area contributed by atoms with Gasteiger partial charge >= 0.3 is 6.03 Å². The molecule has 4 rings (SSSR count). The van der Waals surface area contributed by atoms with Crippen LogP contribution in [0.4, 0.5) is 4.79 Å². The van der Waals surface area contributed by atoms with Gasteiger partial charge in [-0.15, -0.1) is 0 Å². The van der Waals surface area contributed by atoms with Gasteiger partial charge in [0.15, 0.2) is 0 Å². The van der Waals surface area contributed by atoms with Gasteiger partial charge in [0.1, 0.15) is 0 Å². The summed E-state index contributed by atoms with van der Waals surface area (Å²) in [6.07, 6.45) is 3.26. The molecule has 3 aromatic carbocycles. The Morgan fingerprint density at radius 1 is 0.947 bits per heavy atom. The fraction of sp³-hybridized carbons (Fsp3) is 0.406. The molecule has 0 bridgehead atoms. The summed E-state index contributed by atoms with van der Waals surface area (Å²) in [5.41, 5.74) is 2.20. The highest BCUT2D eigenvalue weighted by atomic mass is 35.5. The summed E-state index contributed by atoms with van der Waals surface area (Å²) in [6, 6.07) is 28.5. The van der Waals surface area contributed by atoms with Crippen LogP contribution in [0.15, 0.2) is 84.9 Å². The number of aliphatic hydroxyl groups is 1. The van der Waals surface area contributed by atoms with E-state index in [2.05, 4.69) is 64.1 Å². The normalized spacial score (nSPS) is 15.8. The molecule has 0 spiro atoms. The molecule has 1 fully saturated rings. The first-order valence-corrected chi connectivity index (χ1v) is 14.0. The van der Waals surface area contributed by atoms with Gasteiger partial charge in [-0.25, -0.2) is 4.79 Å². The fourth-order valence-corrected chi connectivity index (χ4v) is 5.73. The van der Waals surface area contributed by atoms with Crippen LogP contribution in [-0.2, 0) is 11.0 Å². The molecule has 0 atom stereocenters. The quantitative estimate of drug-likeness (QED) is 0.295. The van der Waals surface area contributed by atoms with E-state index >= 15 is 0 Å². The zero-order valence-corrected chi connectivity index (χ0v) is 23.3. The third-order valence-corrected chi connectivity index (χ3v) is 8.02. The predicted molar refractivity (Wildman–Crippen MR) is 156 cm³/mol. The predicted octanol–water partition coefficient (Wildman–Crippen LogP) is 6.10. The van der Waals surface area contributed by atoms with Crippen molar-refractivity contribution in [3.63, 3.8) is 0 Å². The molecule has 1 aliphatic rings. The van der Waals surface area contributed by atoms with Crippen molar-refractivity contribution in [2.45, 2.75) is 56.6 Å². The van der Waals surface area contributed by atoms with Crippen molar-refractivity contribution in [2.24, 2.45) is 0 Å². The SMILES string of the molecule is CC(C)NC(=O)NCC(CCCN1CCC(O)(c2ccc(Cl)cc2)CC1)(c1ccccc1)c1ccccc1. The molecule has 5 nitrogen and oxygen atoms in total. The van der Waals surface area contributed by atoms with Gasteiger partial charge in [-0.05, 0) is 74.9 Å². The number of amides is 2. The van der Waals surface area contributed by atoms with Crippen LogP contribution in [0.2, 0.25) is 5.02 Å². The third-order valence-electron chi connectivity index (χ3n) is 7.77. The molecular formula is C32H40ClN3O2. The lowest BCUT2D eigenvalue weighted by atomic mass is 9.71. The number of hydrogen-bond donors (Lipinski definition) is 3. The molecule has 1 aliphatic heterocycles. The van der Waals surface area contributed by atoms with Gasteiger partial charge < -0.3 is 20.6 Å². The molecule has 0 saturated carbocycles. The zero-order valence-electron chi connectivity index (χ0n) is 22.5. The van der Waals surface area contributed by atoms with Crippen molar-refractivity contribution >= 4 is 17.6 Å². The number of nitrogens with one attached hydrogen (secondary N) is 2. The molecule has 0 unspecified atom stereocenters. The van der Waals surface area contributed by atoms with Crippen LogP contribution in [0.1, 0.15) is 56.2 Å². The number of rotatable bonds is 10. The average Bonchev–Trinajstić information content (AvgIpc) is 2.93. The molecule has 38 heavy (non-hydrogen) atoms. The van der Waals surface area contributed by atoms with E-state index in [1.807, 2.05) is 50.2 Å². The summed E-state index contributed by atoms with van der Waals surface area (Å²) in [5.74, 6) is 0. The van der Waals surface area contributed by atoms with Crippen LogP contribution in [0, 0.1) is 0 Å². The Morgan fingerprint density at radius 3 is 2.03 bits per heavy atom. The largest absolute Gasteiger partial charge is 0.385 e. The standard InChI is InChI=1S/C32H40ClN3O2/c1-25(2)35-30(37)34-24-31(26-10-5-3-6-11-26,27-12-7-4-8-13-27)18-9-21-36-22-19-32(38,20-23-36)28-14-16-29(33)17-15-28/h3-8,10-17,25,38H,9,18-24H2,1-2H3,(H2,34,35,37). The fourth-order valence-electron chi connectivity index (χ4n) is 5.61. The number of halogens is 1. The minimum Gasteiger partial charge on any atom is -0.385 e. The first-order valence-electron chi connectivity index (χ1n) is 13.7. The number of likely N-dealkylation sites (tertiary alicyclic amines) is 1. The Morgan fingerprint density at radius 2 is 1.50 bits per heavy atom. The number of benzene rings is 3. The highest BCUT2D eigenvalue weighted by Crippen LogP contribution is 2.38. The van der Waals surface area contributed by atoms with E-state index in [9.17, 15) is 9.90 Å². The zero-order chi connectivity index (χ0) is 27.0. The molecule has 0 radical (unpaired) electrons. The molecule has 1 heterocycles. The molecule has 0 aromatic heterocycles. The minimum absolute atomic E-state index is 0.0727. The maximum atomic E-state index is 12.6. The van der Waals surface area contributed by atoms with E-state index in [0.29, 0.717) is 24.4 Å². The van der Waals surface area contributed by atoms with Crippen molar-refractivity contribution in [3.05, 3.63) is 107 Å². The molecule has 6 heteroatoms. The number of carbonyl (C=O) groups excluding carboxylic acids is 1. The lowest BCUT2D eigenvalue weighted by Crippen LogP contribution is -2.47. The molecule has 202 valence electrons. The first kappa shape index (κ1) is 28.2. The highest BCUT2D eigenvalue weighted by Gasteiger charge is 2.36. The van der Waals surface area contributed by atoms with Crippen LogP contribution < -0.4 is 10.6 Å². The van der Waals surface area contributed by atoms with Crippen molar-refractivity contribution in [1.29, 1.82) is 0 Å². The second-order valence-corrected chi connectivity index (χ2v) is 11.2. The van der Waals surface area contributed by atoms with Gasteiger partial charge in [0, 0.05) is 36.1 Å². The summed E-state index contributed by atoms with van der Waals surface area (Å²) in [6.45, 7) is 7.07. The summed E-state index contributed by atoms with van der Waals surface area (Å²) >= 11 is 6.05. The lowest BCUT2D eigenvalue weighted by molar-refractivity contribution is -0.0262. The Bertz CT molecular complexity index is 1100. The van der Waals surface area contributed by atoms with E-state index in [1.165, 1.54) is 11.1 Å². The Labute approximate surface area is 232 Å². The lowest BCUT2D eigenvalue weighted by Gasteiger charge is -2.40. The van der Waals surface area contributed by atoms with E-state index in [4.69, 9.17) is 11.6 Å². The molecule has 3 aromatic rings. The first-order chi connectivity index (χ1) is 18.3. The molecule has 0 aliphatic carbocycles. The van der Waals surface area contributed by atoms with Gasteiger partial charge in [-0.1, -0.05) is 84.4 Å². The van der Waals surface area contributed by atoms with Crippen molar-refractivity contribution < 1.29 is 9.90 Å². The highest BCUT2D eigenvalue weighted by molar-refractivity contribution is 6.30. The van der Waals surface area contributed by atoms with Crippen LogP contribution in [-0.4, -0.2) is 48.3 Å². The molecular weight excluding hydrogens is 494 g/mol. The van der Waals surface area contributed by atoms with Crippen LogP contribution in [0.5, 0.6) is 0 Å². The summed E-state index contributed by atoms with van der Waals surface area (Å²) in [7, 11) is 0. The minimum atomic E-state index is -0.799. The van der Waals surface area contributed by atoms with Crippen molar-refractivity contribution in [1.82, 2.24) is 15.5 Å². The van der Waals surface area contributed by atoms with Crippen LogP contribution in [0.25, 0.3) is 0 Å². The van der Waals surface area contributed by atoms with Crippen molar-refractivity contribution in [2.75, 3.05) is 26.2 Å². The smallest absolute Gasteiger partial charge is 0.315 e. The Balaban J connectivity index is 1.47. The number of urea groups is 1. The Kier molecular flexibility index (Phi) is 9.48. The van der Waals surface area contributed by atoms with Crippen LogP contribution >= 0.6 is 11.6 Å². The molecule has 2 amide bonds. The summed E-state index contributed by atoms with van der Waals surface area (Å²) in [5, 5.41) is 18.1. The summed E-state index contributed by atoms with van der Waals surface area (Å²) < 4.78 is 0. The second kappa shape index (κ2) is 12.8. The van der Waals surface area contributed by atoms with Gasteiger partial charge in [0.2, 0.25) is 0 Å². The van der Waals surface area contributed by atoms with Crippen molar-refractivity contribution in [3.8, 4) is 0 Å². The van der Waals surface area contributed by atoms with E-state index in [0.717, 1.165) is 38.0 Å². The van der Waals surface area contributed by atoms with Gasteiger partial charge in [0.05, 0.1) is 5.60 Å². The van der Waals surface area contributed by atoms with E-state index < -0.39 is 5.60 Å². The number of carbonyl (C=O) groups is 1. The number of piperidine rings is 1. The van der Waals surface area contributed by atoms with Gasteiger partial charge in [-0.3, -0.25) is 0 Å². The van der Waals surface area contributed by atoms with Gasteiger partial charge in [0.25, 0.3) is 0 Å².